The third-order valence-electron chi connectivity index (χ3n) is 0. The van der Waals surface area contributed by atoms with Gasteiger partial charge in [-0.25, -0.2) is 4.79 Å². The standard InChI is InChI=1S/CH4N2O.4Na.4H/c2-1(3)4;;;;;;;;/h(H4,2,3,4);;;;;;;;. The van der Waals surface area contributed by atoms with Crippen LogP contribution in [-0.2, 0) is 0 Å². The summed E-state index contributed by atoms with van der Waals surface area (Å²) in [6.07, 6.45) is 0. The van der Waals surface area contributed by atoms with Gasteiger partial charge >= 0.3 is 124 Å². The molecule has 0 aliphatic carbocycles. The van der Waals surface area contributed by atoms with Gasteiger partial charge in [0.1, 0.15) is 0 Å². The number of urea groups is 1. The molecule has 0 radical (unpaired) electrons. The third kappa shape index (κ3) is 59.3. The van der Waals surface area contributed by atoms with Crippen LogP contribution in [0.1, 0.15) is 0 Å². The SMILES string of the molecule is NC(N)=O.[NaH].[NaH].[NaH].[NaH]. The Kier molecular flexibility index (Phi) is 84.8. The van der Waals surface area contributed by atoms with E-state index in [4.69, 9.17) is 4.79 Å². The summed E-state index contributed by atoms with van der Waals surface area (Å²) in [5.74, 6) is 0. The summed E-state index contributed by atoms with van der Waals surface area (Å²) in [4.78, 5) is 9.00. The van der Waals surface area contributed by atoms with Crippen molar-refractivity contribution < 1.29 is 4.79 Å². The topological polar surface area (TPSA) is 69.1 Å². The molecule has 4 N–H and O–H groups in total. The van der Waals surface area contributed by atoms with E-state index in [0.29, 0.717) is 0 Å². The van der Waals surface area contributed by atoms with Crippen molar-refractivity contribution in [1.29, 1.82) is 0 Å². The van der Waals surface area contributed by atoms with E-state index >= 15 is 0 Å². The van der Waals surface area contributed by atoms with Gasteiger partial charge in [0.2, 0.25) is 0 Å². The maximum atomic E-state index is 9.00. The number of carbonyl (C=O) groups is 1. The van der Waals surface area contributed by atoms with E-state index in [2.05, 4.69) is 11.5 Å². The van der Waals surface area contributed by atoms with Crippen molar-refractivity contribution in [1.82, 2.24) is 0 Å². The zero-order chi connectivity index (χ0) is 3.58. The average molecular weight is 156 g/mol. The van der Waals surface area contributed by atoms with Crippen LogP contribution >= 0.6 is 0 Å². The van der Waals surface area contributed by atoms with Crippen LogP contribution in [0.15, 0.2) is 0 Å². The number of primary amides is 2. The molecule has 0 aliphatic heterocycles. The van der Waals surface area contributed by atoms with Crippen LogP contribution in [0.2, 0.25) is 0 Å². The van der Waals surface area contributed by atoms with Crippen LogP contribution in [0.3, 0.4) is 0 Å². The molecule has 0 unspecified atom stereocenters. The van der Waals surface area contributed by atoms with E-state index in [1.54, 1.807) is 0 Å². The molecule has 0 saturated carbocycles. The fourth-order valence-electron chi connectivity index (χ4n) is 0. The van der Waals surface area contributed by atoms with Crippen molar-refractivity contribution in [2.24, 2.45) is 11.5 Å². The predicted molar refractivity (Wildman–Crippen MR) is 42.4 cm³/mol. The summed E-state index contributed by atoms with van der Waals surface area (Å²) in [5, 5.41) is 0. The van der Waals surface area contributed by atoms with Crippen molar-refractivity contribution >= 4 is 124 Å². The van der Waals surface area contributed by atoms with Gasteiger partial charge < -0.3 is 11.5 Å². The minimum atomic E-state index is -0.833. The molecule has 0 bridgehead atoms. The molecule has 0 atom stereocenters. The van der Waals surface area contributed by atoms with Crippen molar-refractivity contribution in [3.63, 3.8) is 0 Å². The van der Waals surface area contributed by atoms with Crippen molar-refractivity contribution in [2.45, 2.75) is 0 Å². The molecular formula is CH8N2Na4O. The first kappa shape index (κ1) is 30.2. The van der Waals surface area contributed by atoms with E-state index in [1.165, 1.54) is 0 Å². The summed E-state index contributed by atoms with van der Waals surface area (Å²) >= 11 is 0. The number of nitrogens with two attached hydrogens (primary N) is 2. The van der Waals surface area contributed by atoms with Crippen LogP contribution in [0.5, 0.6) is 0 Å². The van der Waals surface area contributed by atoms with Gasteiger partial charge in [0.05, 0.1) is 0 Å². The van der Waals surface area contributed by atoms with Crippen molar-refractivity contribution in [3.05, 3.63) is 0 Å². The summed E-state index contributed by atoms with van der Waals surface area (Å²) in [6.45, 7) is 0. The normalized spacial score (nSPS) is 3.00. The molecule has 0 aromatic carbocycles. The Hall–Kier alpha value is 3.27. The average Bonchev–Trinajstić information content (AvgIpc) is 0.811. The van der Waals surface area contributed by atoms with Crippen LogP contribution in [0, 0.1) is 0 Å². The maximum absolute atomic E-state index is 9.00. The van der Waals surface area contributed by atoms with Gasteiger partial charge in [0, 0.05) is 0 Å². The number of amides is 2. The number of carbonyl (C=O) groups excluding carboxylic acids is 1. The van der Waals surface area contributed by atoms with Gasteiger partial charge in [-0.1, -0.05) is 0 Å². The molecule has 0 heterocycles. The van der Waals surface area contributed by atoms with Gasteiger partial charge in [0.25, 0.3) is 0 Å². The first-order valence-corrected chi connectivity index (χ1v) is 0.781. The molecule has 8 heavy (non-hydrogen) atoms. The fraction of sp³-hybridized carbons (Fsp3) is 0. The van der Waals surface area contributed by atoms with Crippen LogP contribution < -0.4 is 11.5 Å². The molecular weight excluding hydrogens is 148 g/mol. The summed E-state index contributed by atoms with van der Waals surface area (Å²) in [7, 11) is 0. The van der Waals surface area contributed by atoms with E-state index in [0.717, 1.165) is 0 Å². The van der Waals surface area contributed by atoms with Gasteiger partial charge in [0.15, 0.2) is 0 Å². The Bertz CT molecular complexity index is 37.0. The van der Waals surface area contributed by atoms with E-state index in [9.17, 15) is 0 Å². The number of hydrogen-bond acceptors (Lipinski definition) is 1. The summed E-state index contributed by atoms with van der Waals surface area (Å²) in [5.41, 5.74) is 8.50. The van der Waals surface area contributed by atoms with Crippen molar-refractivity contribution in [2.75, 3.05) is 0 Å². The summed E-state index contributed by atoms with van der Waals surface area (Å²) in [6, 6.07) is -0.833. The fourth-order valence-corrected chi connectivity index (χ4v) is 0. The van der Waals surface area contributed by atoms with Crippen LogP contribution in [0.4, 0.5) is 4.79 Å². The van der Waals surface area contributed by atoms with Crippen LogP contribution in [-0.4, -0.2) is 124 Å². The molecule has 0 rings (SSSR count). The minimum absolute atomic E-state index is 0. The Morgan fingerprint density at radius 3 is 0.875 bits per heavy atom. The molecule has 0 aromatic rings. The van der Waals surface area contributed by atoms with Crippen molar-refractivity contribution in [3.8, 4) is 0 Å². The molecule has 32 valence electrons. The quantitative estimate of drug-likeness (QED) is 0.350. The number of rotatable bonds is 0. The van der Waals surface area contributed by atoms with Gasteiger partial charge in [-0.15, -0.1) is 0 Å². The first-order chi connectivity index (χ1) is 1.73. The first-order valence-electron chi connectivity index (χ1n) is 0.781. The second-order valence-electron chi connectivity index (χ2n) is 0.402. The number of hydrogen-bond donors (Lipinski definition) is 2. The molecule has 0 spiro atoms. The van der Waals surface area contributed by atoms with Crippen LogP contribution in [0.25, 0.3) is 0 Å². The molecule has 0 fully saturated rings. The Morgan fingerprint density at radius 1 is 0.875 bits per heavy atom. The van der Waals surface area contributed by atoms with Gasteiger partial charge in [-0.05, 0) is 0 Å². The molecule has 0 saturated heterocycles. The molecule has 2 amide bonds. The van der Waals surface area contributed by atoms with E-state index < -0.39 is 6.03 Å². The van der Waals surface area contributed by atoms with Gasteiger partial charge in [-0.3, -0.25) is 0 Å². The molecule has 0 aliphatic rings. The monoisotopic (exact) mass is 156 g/mol. The summed E-state index contributed by atoms with van der Waals surface area (Å²) < 4.78 is 0. The predicted octanol–water partition coefficient (Wildman–Crippen LogP) is -3.57. The zero-order valence-corrected chi connectivity index (χ0v) is 2.06. The van der Waals surface area contributed by atoms with E-state index in [1.807, 2.05) is 0 Å². The Morgan fingerprint density at radius 2 is 0.875 bits per heavy atom. The second kappa shape index (κ2) is 22.4. The zero-order valence-electron chi connectivity index (χ0n) is 2.06. The van der Waals surface area contributed by atoms with E-state index in [-0.39, 0.29) is 118 Å². The Balaban J connectivity index is -0.00000000750. The van der Waals surface area contributed by atoms with Gasteiger partial charge in [-0.2, -0.15) is 0 Å². The molecule has 7 heteroatoms. The third-order valence-corrected chi connectivity index (χ3v) is 0. The Labute approximate surface area is 137 Å². The second-order valence-corrected chi connectivity index (χ2v) is 0.402. The molecule has 0 aromatic heterocycles. The molecule has 3 nitrogen and oxygen atoms in total.